The maximum Gasteiger partial charge on any atom is 0.244 e. The van der Waals surface area contributed by atoms with Gasteiger partial charge in [-0.05, 0) is 12.3 Å². The Kier molecular flexibility index (Phi) is 4.18. The molecular formula is C11H19N5O2S. The summed E-state index contributed by atoms with van der Waals surface area (Å²) >= 11 is 0. The molecule has 1 aromatic heterocycles. The minimum absolute atomic E-state index is 0.0837. The van der Waals surface area contributed by atoms with Crippen molar-refractivity contribution in [2.75, 3.05) is 28.7 Å². The first-order valence-corrected chi connectivity index (χ1v) is 8.17. The van der Waals surface area contributed by atoms with Crippen LogP contribution in [-0.4, -0.2) is 47.7 Å². The van der Waals surface area contributed by atoms with Gasteiger partial charge in [0.15, 0.2) is 15.7 Å². The Balaban J connectivity index is 1.95. The molecule has 1 aliphatic heterocycles. The molecule has 0 spiro atoms. The average molecular weight is 285 g/mol. The monoisotopic (exact) mass is 285 g/mol. The van der Waals surface area contributed by atoms with Gasteiger partial charge in [0.1, 0.15) is 0 Å². The van der Waals surface area contributed by atoms with Gasteiger partial charge < -0.3 is 10.6 Å². The molecule has 0 aromatic carbocycles. The zero-order chi connectivity index (χ0) is 13.9. The normalized spacial score (nSPS) is 21.5. The molecule has 0 saturated carbocycles. The lowest BCUT2D eigenvalue weighted by molar-refractivity contribution is 0.602. The Labute approximate surface area is 113 Å². The first-order chi connectivity index (χ1) is 8.94. The molecule has 2 N–H and O–H groups in total. The second-order valence-electron chi connectivity index (χ2n) is 5.18. The van der Waals surface area contributed by atoms with Gasteiger partial charge >= 0.3 is 0 Å². The number of hydrogen-bond acceptors (Lipinski definition) is 7. The third-order valence-corrected chi connectivity index (χ3v) is 4.58. The molecule has 1 saturated heterocycles. The van der Waals surface area contributed by atoms with Gasteiger partial charge in [0.05, 0.1) is 17.7 Å². The van der Waals surface area contributed by atoms with Crippen LogP contribution in [-0.2, 0) is 9.84 Å². The molecule has 0 bridgehead atoms. The molecule has 1 fully saturated rings. The van der Waals surface area contributed by atoms with Crippen molar-refractivity contribution in [3.63, 3.8) is 0 Å². The summed E-state index contributed by atoms with van der Waals surface area (Å²) in [6, 6.07) is -0.0837. The molecule has 1 unspecified atom stereocenters. The highest BCUT2D eigenvalue weighted by Gasteiger charge is 2.28. The van der Waals surface area contributed by atoms with Crippen LogP contribution in [0.2, 0.25) is 0 Å². The van der Waals surface area contributed by atoms with Gasteiger partial charge in [-0.2, -0.15) is 10.1 Å². The van der Waals surface area contributed by atoms with E-state index in [0.29, 0.717) is 24.1 Å². The average Bonchev–Trinajstić information content (AvgIpc) is 2.66. The standard InChI is InChI=1S/C11H19N5O2S/c1-8(2)5-12-11-15-10(6-13-16-11)14-9-3-4-19(17,18)7-9/h6,8-9H,3-5,7H2,1-2H3,(H2,12,14,15,16). The van der Waals surface area contributed by atoms with E-state index < -0.39 is 9.84 Å². The molecule has 2 rings (SSSR count). The molecule has 106 valence electrons. The van der Waals surface area contributed by atoms with E-state index in [1.807, 2.05) is 0 Å². The molecule has 8 heteroatoms. The van der Waals surface area contributed by atoms with Gasteiger partial charge in [-0.15, -0.1) is 5.10 Å². The molecule has 19 heavy (non-hydrogen) atoms. The first kappa shape index (κ1) is 14.0. The largest absolute Gasteiger partial charge is 0.365 e. The number of anilines is 2. The Morgan fingerprint density at radius 3 is 2.89 bits per heavy atom. The van der Waals surface area contributed by atoms with Gasteiger partial charge in [0.2, 0.25) is 5.95 Å². The van der Waals surface area contributed by atoms with Crippen molar-refractivity contribution >= 4 is 21.6 Å². The lowest BCUT2D eigenvalue weighted by Crippen LogP contribution is -2.22. The predicted molar refractivity (Wildman–Crippen MR) is 73.8 cm³/mol. The van der Waals surface area contributed by atoms with Crippen LogP contribution in [0.1, 0.15) is 20.3 Å². The molecule has 0 aliphatic carbocycles. The van der Waals surface area contributed by atoms with E-state index in [0.717, 1.165) is 6.54 Å². The smallest absolute Gasteiger partial charge is 0.244 e. The molecular weight excluding hydrogens is 266 g/mol. The fourth-order valence-electron chi connectivity index (χ4n) is 1.86. The van der Waals surface area contributed by atoms with Crippen molar-refractivity contribution in [2.24, 2.45) is 5.92 Å². The van der Waals surface area contributed by atoms with E-state index in [1.165, 1.54) is 6.20 Å². The van der Waals surface area contributed by atoms with Crippen LogP contribution >= 0.6 is 0 Å². The van der Waals surface area contributed by atoms with Gasteiger partial charge in [0, 0.05) is 12.6 Å². The minimum atomic E-state index is -2.89. The lowest BCUT2D eigenvalue weighted by atomic mass is 10.2. The third-order valence-electron chi connectivity index (χ3n) is 2.81. The van der Waals surface area contributed by atoms with Crippen LogP contribution in [0, 0.1) is 5.92 Å². The topological polar surface area (TPSA) is 96.9 Å². The first-order valence-electron chi connectivity index (χ1n) is 6.35. The Morgan fingerprint density at radius 2 is 2.26 bits per heavy atom. The maximum absolute atomic E-state index is 11.4. The number of rotatable bonds is 5. The second-order valence-corrected chi connectivity index (χ2v) is 7.41. The minimum Gasteiger partial charge on any atom is -0.365 e. The summed E-state index contributed by atoms with van der Waals surface area (Å²) < 4.78 is 22.7. The number of nitrogens with zero attached hydrogens (tertiary/aromatic N) is 3. The summed E-state index contributed by atoms with van der Waals surface area (Å²) in [4.78, 5) is 4.27. The predicted octanol–water partition coefficient (Wildman–Crippen LogP) is 0.538. The quantitative estimate of drug-likeness (QED) is 0.814. The van der Waals surface area contributed by atoms with Gasteiger partial charge in [-0.25, -0.2) is 8.42 Å². The molecule has 1 aromatic rings. The summed E-state index contributed by atoms with van der Waals surface area (Å²) in [5.41, 5.74) is 0. The van der Waals surface area contributed by atoms with Crippen molar-refractivity contribution in [3.05, 3.63) is 6.20 Å². The van der Waals surface area contributed by atoms with Gasteiger partial charge in [-0.3, -0.25) is 0 Å². The number of aromatic nitrogens is 3. The highest BCUT2D eigenvalue weighted by molar-refractivity contribution is 7.91. The number of hydrogen-bond donors (Lipinski definition) is 2. The van der Waals surface area contributed by atoms with Crippen LogP contribution in [0.3, 0.4) is 0 Å². The van der Waals surface area contributed by atoms with Crippen LogP contribution in [0.5, 0.6) is 0 Å². The van der Waals surface area contributed by atoms with Crippen LogP contribution in [0.4, 0.5) is 11.8 Å². The van der Waals surface area contributed by atoms with Crippen molar-refractivity contribution in [3.8, 4) is 0 Å². The van der Waals surface area contributed by atoms with E-state index >= 15 is 0 Å². The second kappa shape index (κ2) is 5.68. The van der Waals surface area contributed by atoms with Crippen molar-refractivity contribution in [1.29, 1.82) is 0 Å². The third kappa shape index (κ3) is 4.30. The molecule has 7 nitrogen and oxygen atoms in total. The Bertz CT molecular complexity index is 532. The SMILES string of the molecule is CC(C)CNc1nncc(NC2CCS(=O)(=O)C2)n1. The number of sulfone groups is 1. The maximum atomic E-state index is 11.4. The fraction of sp³-hybridized carbons (Fsp3) is 0.727. The van der Waals surface area contributed by atoms with Crippen molar-refractivity contribution in [2.45, 2.75) is 26.3 Å². The zero-order valence-corrected chi connectivity index (χ0v) is 11.9. The van der Waals surface area contributed by atoms with E-state index in [4.69, 9.17) is 0 Å². The Hall–Kier alpha value is -1.44. The van der Waals surface area contributed by atoms with E-state index in [2.05, 4.69) is 39.7 Å². The molecule has 1 aliphatic rings. The highest BCUT2D eigenvalue weighted by Crippen LogP contribution is 2.16. The van der Waals surface area contributed by atoms with E-state index in [1.54, 1.807) is 0 Å². The molecule has 0 amide bonds. The summed E-state index contributed by atoms with van der Waals surface area (Å²) in [5.74, 6) is 1.90. The van der Waals surface area contributed by atoms with Crippen molar-refractivity contribution in [1.82, 2.24) is 15.2 Å². The van der Waals surface area contributed by atoms with E-state index in [9.17, 15) is 8.42 Å². The molecule has 1 atom stereocenters. The summed E-state index contributed by atoms with van der Waals surface area (Å²) in [5, 5.41) is 13.9. The molecule has 2 heterocycles. The van der Waals surface area contributed by atoms with Crippen molar-refractivity contribution < 1.29 is 8.42 Å². The fourth-order valence-corrected chi connectivity index (χ4v) is 3.53. The van der Waals surface area contributed by atoms with Crippen LogP contribution in [0.15, 0.2) is 6.20 Å². The summed E-state index contributed by atoms with van der Waals surface area (Å²) in [7, 11) is -2.89. The lowest BCUT2D eigenvalue weighted by Gasteiger charge is -2.12. The summed E-state index contributed by atoms with van der Waals surface area (Å²) in [6.07, 6.45) is 2.12. The van der Waals surface area contributed by atoms with Crippen LogP contribution < -0.4 is 10.6 Å². The summed E-state index contributed by atoms with van der Waals surface area (Å²) in [6.45, 7) is 4.95. The highest BCUT2D eigenvalue weighted by atomic mass is 32.2. The van der Waals surface area contributed by atoms with Gasteiger partial charge in [0.25, 0.3) is 0 Å². The van der Waals surface area contributed by atoms with E-state index in [-0.39, 0.29) is 17.5 Å². The molecule has 0 radical (unpaired) electrons. The van der Waals surface area contributed by atoms with Gasteiger partial charge in [-0.1, -0.05) is 13.8 Å². The number of nitrogens with one attached hydrogen (secondary N) is 2. The Morgan fingerprint density at radius 1 is 1.47 bits per heavy atom. The van der Waals surface area contributed by atoms with Crippen LogP contribution in [0.25, 0.3) is 0 Å². The zero-order valence-electron chi connectivity index (χ0n) is 11.1.